The topological polar surface area (TPSA) is 40.5 Å². The summed E-state index contributed by atoms with van der Waals surface area (Å²) in [6.45, 7) is -0.795. The van der Waals surface area contributed by atoms with Gasteiger partial charge in [0.2, 0.25) is 5.82 Å². The Labute approximate surface area is 65.9 Å². The lowest BCUT2D eigenvalue weighted by Crippen LogP contribution is -1.96. The predicted octanol–water partition coefficient (Wildman–Crippen LogP) is 1.30. The number of hydrogen-bond acceptors (Lipinski definition) is 2. The molecule has 0 saturated carbocycles. The van der Waals surface area contributed by atoms with Crippen LogP contribution in [0.3, 0.4) is 0 Å². The Morgan fingerprint density at radius 3 is 2.25 bits per heavy atom. The van der Waals surface area contributed by atoms with Gasteiger partial charge in [0.05, 0.1) is 6.61 Å². The minimum absolute atomic E-state index is 0.480. The van der Waals surface area contributed by atoms with Crippen LogP contribution in [-0.2, 0) is 6.61 Å². The van der Waals surface area contributed by atoms with Crippen molar-refractivity contribution < 1.29 is 23.4 Å². The summed E-state index contributed by atoms with van der Waals surface area (Å²) in [5.41, 5.74) is -0.480. The molecule has 0 unspecified atom stereocenters. The molecule has 1 aromatic carbocycles. The van der Waals surface area contributed by atoms with Gasteiger partial charge in [0, 0.05) is 5.56 Å². The van der Waals surface area contributed by atoms with Crippen LogP contribution in [0, 0.1) is 17.5 Å². The second-order valence-corrected chi connectivity index (χ2v) is 2.15. The molecule has 0 fully saturated rings. The molecule has 0 aromatic heterocycles. The number of hydrogen-bond donors (Lipinski definition) is 2. The highest BCUT2D eigenvalue weighted by Crippen LogP contribution is 2.25. The van der Waals surface area contributed by atoms with Crippen molar-refractivity contribution in [1.29, 1.82) is 0 Å². The number of aromatic hydroxyl groups is 1. The van der Waals surface area contributed by atoms with Crippen molar-refractivity contribution in [3.8, 4) is 5.75 Å². The summed E-state index contributed by atoms with van der Waals surface area (Å²) in [6.07, 6.45) is 0. The van der Waals surface area contributed by atoms with Crippen LogP contribution in [0.1, 0.15) is 5.56 Å². The van der Waals surface area contributed by atoms with Crippen molar-refractivity contribution in [3.63, 3.8) is 0 Å². The van der Waals surface area contributed by atoms with Crippen molar-refractivity contribution in [2.75, 3.05) is 0 Å². The van der Waals surface area contributed by atoms with Crippen molar-refractivity contribution in [2.45, 2.75) is 6.61 Å². The molecule has 0 aliphatic rings. The Bertz CT molecular complexity index is 312. The quantitative estimate of drug-likeness (QED) is 0.636. The number of rotatable bonds is 1. The Balaban J connectivity index is 3.39. The molecule has 0 radical (unpaired) electrons. The first-order valence-electron chi connectivity index (χ1n) is 3.04. The zero-order valence-corrected chi connectivity index (χ0v) is 5.81. The average molecular weight is 178 g/mol. The van der Waals surface area contributed by atoms with Gasteiger partial charge in [0.25, 0.3) is 0 Å². The normalized spacial score (nSPS) is 10.3. The fourth-order valence-corrected chi connectivity index (χ4v) is 0.756. The van der Waals surface area contributed by atoms with E-state index >= 15 is 0 Å². The van der Waals surface area contributed by atoms with Crippen LogP contribution in [-0.4, -0.2) is 10.2 Å². The minimum atomic E-state index is -1.65. The molecule has 0 amide bonds. The van der Waals surface area contributed by atoms with E-state index in [2.05, 4.69) is 0 Å². The molecule has 1 rings (SSSR count). The average Bonchev–Trinajstić information content (AvgIpc) is 2.08. The van der Waals surface area contributed by atoms with Crippen molar-refractivity contribution >= 4 is 0 Å². The largest absolute Gasteiger partial charge is 0.503 e. The lowest BCUT2D eigenvalue weighted by Gasteiger charge is -2.02. The molecular weight excluding hydrogens is 173 g/mol. The van der Waals surface area contributed by atoms with E-state index in [1.807, 2.05) is 0 Å². The first kappa shape index (κ1) is 8.86. The van der Waals surface area contributed by atoms with E-state index in [1.165, 1.54) is 0 Å². The Hall–Kier alpha value is -1.23. The van der Waals surface area contributed by atoms with E-state index < -0.39 is 35.4 Å². The smallest absolute Gasteiger partial charge is 0.203 e. The molecule has 0 heterocycles. The second kappa shape index (κ2) is 3.02. The van der Waals surface area contributed by atoms with Crippen LogP contribution in [0.2, 0.25) is 0 Å². The van der Waals surface area contributed by atoms with Crippen LogP contribution in [0.4, 0.5) is 13.2 Å². The van der Waals surface area contributed by atoms with Gasteiger partial charge in [-0.3, -0.25) is 0 Å². The van der Waals surface area contributed by atoms with E-state index in [-0.39, 0.29) is 0 Å². The number of phenols is 1. The molecule has 0 saturated heterocycles. The van der Waals surface area contributed by atoms with E-state index in [4.69, 9.17) is 10.2 Å². The molecule has 5 heteroatoms. The van der Waals surface area contributed by atoms with Crippen LogP contribution in [0.25, 0.3) is 0 Å². The van der Waals surface area contributed by atoms with E-state index in [1.54, 1.807) is 0 Å². The fourth-order valence-electron chi connectivity index (χ4n) is 0.756. The standard InChI is InChI=1S/C7H5F3O2/c8-4-1-3(2-11)5(9)7(12)6(4)10/h1,11-12H,2H2. The van der Waals surface area contributed by atoms with Gasteiger partial charge >= 0.3 is 0 Å². The highest BCUT2D eigenvalue weighted by molar-refractivity contribution is 5.32. The molecular formula is C7H5F3O2. The maximum absolute atomic E-state index is 12.6. The molecule has 0 aliphatic heterocycles. The molecule has 1 aromatic rings. The van der Waals surface area contributed by atoms with Gasteiger partial charge in [-0.25, -0.2) is 8.78 Å². The Morgan fingerprint density at radius 2 is 1.75 bits per heavy atom. The summed E-state index contributed by atoms with van der Waals surface area (Å²) in [5.74, 6) is -5.78. The third-order valence-electron chi connectivity index (χ3n) is 1.38. The SMILES string of the molecule is OCc1cc(F)c(F)c(O)c1F. The summed E-state index contributed by atoms with van der Waals surface area (Å²) in [7, 11) is 0. The summed E-state index contributed by atoms with van der Waals surface area (Å²) in [6, 6.07) is 0.490. The molecule has 2 nitrogen and oxygen atoms in total. The van der Waals surface area contributed by atoms with Crippen molar-refractivity contribution in [2.24, 2.45) is 0 Å². The minimum Gasteiger partial charge on any atom is -0.503 e. The molecule has 0 bridgehead atoms. The first-order chi connectivity index (χ1) is 5.57. The highest BCUT2D eigenvalue weighted by atomic mass is 19.2. The molecule has 2 N–H and O–H groups in total. The molecule has 66 valence electrons. The highest BCUT2D eigenvalue weighted by Gasteiger charge is 2.16. The predicted molar refractivity (Wildman–Crippen MR) is 33.9 cm³/mol. The molecule has 12 heavy (non-hydrogen) atoms. The maximum Gasteiger partial charge on any atom is 0.203 e. The summed E-state index contributed by atoms with van der Waals surface area (Å²) >= 11 is 0. The Kier molecular flexibility index (Phi) is 2.23. The van der Waals surface area contributed by atoms with Crippen LogP contribution in [0.5, 0.6) is 5.75 Å². The lowest BCUT2D eigenvalue weighted by atomic mass is 10.2. The van der Waals surface area contributed by atoms with Gasteiger partial charge in [-0.1, -0.05) is 0 Å². The van der Waals surface area contributed by atoms with Gasteiger partial charge in [0.1, 0.15) is 0 Å². The number of benzene rings is 1. The van der Waals surface area contributed by atoms with Crippen molar-refractivity contribution in [1.82, 2.24) is 0 Å². The second-order valence-electron chi connectivity index (χ2n) is 2.15. The van der Waals surface area contributed by atoms with Crippen LogP contribution >= 0.6 is 0 Å². The number of aliphatic hydroxyl groups excluding tert-OH is 1. The third-order valence-corrected chi connectivity index (χ3v) is 1.38. The number of aliphatic hydroxyl groups is 1. The summed E-state index contributed by atoms with van der Waals surface area (Å²) in [4.78, 5) is 0. The number of halogens is 3. The monoisotopic (exact) mass is 178 g/mol. The number of phenolic OH excluding ortho intramolecular Hbond substituents is 1. The van der Waals surface area contributed by atoms with Crippen LogP contribution < -0.4 is 0 Å². The van der Waals surface area contributed by atoms with Gasteiger partial charge in [-0.05, 0) is 6.07 Å². The van der Waals surface area contributed by atoms with E-state index in [0.717, 1.165) is 0 Å². The summed E-state index contributed by atoms with van der Waals surface area (Å²) in [5, 5.41) is 17.0. The van der Waals surface area contributed by atoms with Crippen molar-refractivity contribution in [3.05, 3.63) is 29.1 Å². The van der Waals surface area contributed by atoms with E-state index in [9.17, 15) is 13.2 Å². The third kappa shape index (κ3) is 1.23. The zero-order chi connectivity index (χ0) is 9.30. The van der Waals surface area contributed by atoms with Crippen LogP contribution in [0.15, 0.2) is 6.07 Å². The van der Waals surface area contributed by atoms with Gasteiger partial charge < -0.3 is 10.2 Å². The van der Waals surface area contributed by atoms with Gasteiger partial charge in [-0.2, -0.15) is 4.39 Å². The van der Waals surface area contributed by atoms with Gasteiger partial charge in [-0.15, -0.1) is 0 Å². The lowest BCUT2D eigenvalue weighted by molar-refractivity contribution is 0.270. The zero-order valence-electron chi connectivity index (χ0n) is 5.81. The molecule has 0 atom stereocenters. The Morgan fingerprint density at radius 1 is 1.17 bits per heavy atom. The molecule has 0 spiro atoms. The van der Waals surface area contributed by atoms with E-state index in [0.29, 0.717) is 6.07 Å². The summed E-state index contributed by atoms with van der Waals surface area (Å²) < 4.78 is 37.4. The fraction of sp³-hybridized carbons (Fsp3) is 0.143. The van der Waals surface area contributed by atoms with Gasteiger partial charge in [0.15, 0.2) is 17.4 Å². The first-order valence-corrected chi connectivity index (χ1v) is 3.04. The molecule has 0 aliphatic carbocycles. The maximum atomic E-state index is 12.6.